The van der Waals surface area contributed by atoms with Gasteiger partial charge in [0.25, 0.3) is 0 Å². The van der Waals surface area contributed by atoms with Gasteiger partial charge in [0, 0.05) is 0 Å². The van der Waals surface area contributed by atoms with Gasteiger partial charge in [0.1, 0.15) is 0 Å². The molecule has 0 saturated heterocycles. The molecule has 0 fully saturated rings. The maximum Gasteiger partial charge on any atom is 2.00 e. The molecule has 0 amide bonds. The molecule has 0 radical (unpaired) electrons. The number of nitrogens with two attached hydrogens (primary N) is 4. The standard InChI is InChI=1S/2ClH.4H2N.H2O.Pt/h2*1H;5*1H2;/q;;4*-1;;+2/p-2. The van der Waals surface area contributed by atoms with Gasteiger partial charge in [0.15, 0.2) is 0 Å². The maximum absolute atomic E-state index is 0. The monoisotopic (exact) mass is 347 g/mol. The fraction of sp³-hybridized carbons (Fsp3) is 0. The predicted octanol–water partition coefficient (Wildman–Crippen LogP) is -3.95. The molecule has 0 unspecified atom stereocenters. The second kappa shape index (κ2) is 353. The summed E-state index contributed by atoms with van der Waals surface area (Å²) in [4.78, 5) is 0. The van der Waals surface area contributed by atoms with Crippen LogP contribution in [0.5, 0.6) is 0 Å². The van der Waals surface area contributed by atoms with Gasteiger partial charge >= 0.3 is 21.1 Å². The van der Waals surface area contributed by atoms with Crippen LogP contribution in [0.4, 0.5) is 0 Å². The van der Waals surface area contributed by atoms with Gasteiger partial charge in [-0.15, -0.1) is 0 Å². The number of halogens is 2. The minimum Gasteiger partial charge on any atom is -1.00 e. The molecule has 0 aromatic heterocycles. The molecule has 0 rings (SSSR count). The van der Waals surface area contributed by atoms with E-state index < -0.39 is 0 Å². The second-order valence-corrected chi connectivity index (χ2v) is 0. The van der Waals surface area contributed by atoms with Crippen molar-refractivity contribution in [1.82, 2.24) is 0 Å². The Morgan fingerprint density at radius 1 is 0.500 bits per heavy atom. The van der Waals surface area contributed by atoms with E-state index in [0.717, 1.165) is 0 Å². The molecule has 64 valence electrons. The van der Waals surface area contributed by atoms with Crippen molar-refractivity contribution in [2.24, 2.45) is 0 Å². The Kier molecular flexibility index (Phi) is 22800. The Balaban J connectivity index is 0. The van der Waals surface area contributed by atoms with Crippen LogP contribution in [0.25, 0.3) is 24.6 Å². The Labute approximate surface area is 76.1 Å². The van der Waals surface area contributed by atoms with Gasteiger partial charge in [-0.1, -0.05) is 0 Å². The van der Waals surface area contributed by atoms with E-state index >= 15 is 0 Å². The van der Waals surface area contributed by atoms with Crippen molar-refractivity contribution in [3.8, 4) is 0 Å². The predicted molar refractivity (Wildman–Crippen MR) is 24.8 cm³/mol. The van der Waals surface area contributed by atoms with Crippen molar-refractivity contribution >= 4 is 0 Å². The molecule has 0 saturated carbocycles. The third-order valence-electron chi connectivity index (χ3n) is 0. The molecule has 10 N–H and O–H groups in total. The quantitative estimate of drug-likeness (QED) is 0.417. The van der Waals surface area contributed by atoms with Crippen molar-refractivity contribution < 1.29 is 51.4 Å². The van der Waals surface area contributed by atoms with E-state index in [2.05, 4.69) is 0 Å². The molecule has 5 nitrogen and oxygen atoms in total. The van der Waals surface area contributed by atoms with E-state index in [4.69, 9.17) is 0 Å². The van der Waals surface area contributed by atoms with E-state index in [1.165, 1.54) is 0 Å². The molecule has 0 aliphatic rings. The molecule has 8 heteroatoms. The number of hydrogen-bond acceptors (Lipinski definition) is 0. The molecule has 0 aromatic rings. The van der Waals surface area contributed by atoms with Gasteiger partial charge in [-0.2, -0.15) is 0 Å². The van der Waals surface area contributed by atoms with Crippen LogP contribution in [0.15, 0.2) is 0 Å². The Morgan fingerprint density at radius 3 is 0.500 bits per heavy atom. The Hall–Kier alpha value is 1.07. The first kappa shape index (κ1) is 517. The van der Waals surface area contributed by atoms with Crippen LogP contribution in [0, 0.1) is 0 Å². The first-order chi connectivity index (χ1) is 0. The average Bonchev–Trinajstić information content (AvgIpc) is 0. The molecule has 0 aliphatic heterocycles. The summed E-state index contributed by atoms with van der Waals surface area (Å²) in [7, 11) is 0. The molecular weight excluding hydrogens is 338 g/mol. The topological polar surface area (TPSA) is 166 Å². The third kappa shape index (κ3) is 228. The van der Waals surface area contributed by atoms with E-state index in [1.54, 1.807) is 0 Å². The van der Waals surface area contributed by atoms with E-state index in [9.17, 15) is 0 Å². The van der Waals surface area contributed by atoms with Gasteiger partial charge in [-0.3, -0.25) is 0 Å². The van der Waals surface area contributed by atoms with Crippen LogP contribution in [-0.2, 0) is 21.1 Å². The fourth-order valence-electron chi connectivity index (χ4n) is 0. The molecule has 0 aromatic carbocycles. The SMILES string of the molecule is O.[Cl-].[Cl-].[NH2-].[NH2-].[NH2-].[NH2-].[Pt+2]. The summed E-state index contributed by atoms with van der Waals surface area (Å²) in [5, 5.41) is 0. The minimum atomic E-state index is 0. The largest absolute Gasteiger partial charge is 2.00 e. The van der Waals surface area contributed by atoms with Crippen molar-refractivity contribution in [1.29, 1.82) is 0 Å². The molecule has 0 aliphatic carbocycles. The normalized spacial score (nSPS) is 0. The van der Waals surface area contributed by atoms with Crippen molar-refractivity contribution in [3.05, 3.63) is 24.6 Å². The zero-order chi connectivity index (χ0) is 0. The van der Waals surface area contributed by atoms with Gasteiger partial charge in [-0.05, 0) is 0 Å². The summed E-state index contributed by atoms with van der Waals surface area (Å²) in [6, 6.07) is 0. The summed E-state index contributed by atoms with van der Waals surface area (Å²) in [6.07, 6.45) is 0. The fourth-order valence-corrected chi connectivity index (χ4v) is 0. The molecule has 0 atom stereocenters. The van der Waals surface area contributed by atoms with E-state index in [0.29, 0.717) is 0 Å². The van der Waals surface area contributed by atoms with Gasteiger partial charge in [-0.25, -0.2) is 0 Å². The van der Waals surface area contributed by atoms with Crippen LogP contribution in [0.3, 0.4) is 0 Å². The first-order valence-electron chi connectivity index (χ1n) is 0. The van der Waals surface area contributed by atoms with Crippen molar-refractivity contribution in [2.75, 3.05) is 0 Å². The third-order valence-corrected chi connectivity index (χ3v) is 0. The van der Waals surface area contributed by atoms with Crippen LogP contribution >= 0.6 is 0 Å². The summed E-state index contributed by atoms with van der Waals surface area (Å²) >= 11 is 0. The second-order valence-electron chi connectivity index (χ2n) is 0. The van der Waals surface area contributed by atoms with Crippen molar-refractivity contribution in [3.63, 3.8) is 0 Å². The summed E-state index contributed by atoms with van der Waals surface area (Å²) in [5.74, 6) is 0. The van der Waals surface area contributed by atoms with Crippen LogP contribution in [0.2, 0.25) is 0 Å². The minimum absolute atomic E-state index is 0. The zero-order valence-corrected chi connectivity index (χ0v) is 7.67. The average molecular weight is 348 g/mol. The van der Waals surface area contributed by atoms with Crippen molar-refractivity contribution in [2.45, 2.75) is 0 Å². The zero-order valence-electron chi connectivity index (χ0n) is 3.88. The van der Waals surface area contributed by atoms with E-state index in [-0.39, 0.29) is 76.0 Å². The number of rotatable bonds is 0. The van der Waals surface area contributed by atoms with Crippen LogP contribution < -0.4 is 24.8 Å². The van der Waals surface area contributed by atoms with E-state index in [1.807, 2.05) is 0 Å². The van der Waals surface area contributed by atoms with Gasteiger partial charge < -0.3 is 54.9 Å². The molecular formula is H10Cl2N4OPt-4. The Morgan fingerprint density at radius 2 is 0.500 bits per heavy atom. The maximum atomic E-state index is 0. The van der Waals surface area contributed by atoms with Gasteiger partial charge in [0.2, 0.25) is 0 Å². The summed E-state index contributed by atoms with van der Waals surface area (Å²) in [5.41, 5.74) is 0. The molecule has 0 heterocycles. The van der Waals surface area contributed by atoms with Crippen LogP contribution in [-0.4, -0.2) is 5.48 Å². The number of hydrogen-bond donors (Lipinski definition) is 0. The molecule has 0 spiro atoms. The molecule has 8 heavy (non-hydrogen) atoms. The summed E-state index contributed by atoms with van der Waals surface area (Å²) < 4.78 is 0. The van der Waals surface area contributed by atoms with Gasteiger partial charge in [0.05, 0.1) is 0 Å². The first-order valence-corrected chi connectivity index (χ1v) is 0. The summed E-state index contributed by atoms with van der Waals surface area (Å²) in [6.45, 7) is 0. The smallest absolute Gasteiger partial charge is 1.00 e. The Bertz CT molecular complexity index is 14.0. The van der Waals surface area contributed by atoms with Crippen LogP contribution in [0.1, 0.15) is 0 Å². The molecule has 0 bridgehead atoms.